The summed E-state index contributed by atoms with van der Waals surface area (Å²) >= 11 is 0. The number of aliphatic hydroxyl groups excluding tert-OH is 1. The molecule has 0 saturated heterocycles. The lowest BCUT2D eigenvalue weighted by Crippen LogP contribution is -2.47. The number of carboxylic acids is 1. The number of aliphatic carboxylic acids is 1. The van der Waals surface area contributed by atoms with E-state index in [2.05, 4.69) is 48.8 Å². The number of esters is 1. The van der Waals surface area contributed by atoms with Crippen LogP contribution in [0.1, 0.15) is 232 Å². The summed E-state index contributed by atoms with van der Waals surface area (Å²) in [5.41, 5.74) is 0. The lowest BCUT2D eigenvalue weighted by molar-refractivity contribution is -0.147. The molecule has 0 radical (unpaired) electrons. The van der Waals surface area contributed by atoms with E-state index in [0.717, 1.165) is 57.8 Å². The van der Waals surface area contributed by atoms with Gasteiger partial charge in [0.25, 0.3) is 0 Å². The van der Waals surface area contributed by atoms with Gasteiger partial charge in [0, 0.05) is 12.8 Å². The van der Waals surface area contributed by atoms with Gasteiger partial charge in [-0.3, -0.25) is 14.4 Å². The summed E-state index contributed by atoms with van der Waals surface area (Å²) in [4.78, 5) is 47.5. The number of carboxylic acid groups (broad SMARTS) is 1. The van der Waals surface area contributed by atoms with Gasteiger partial charge in [-0.2, -0.15) is 0 Å². The normalized spacial score (nSPS) is 12.6. The minimum Gasteiger partial charge on any atom is -0.480 e. The second-order valence-corrected chi connectivity index (χ2v) is 16.2. The van der Waals surface area contributed by atoms with Gasteiger partial charge >= 0.3 is 11.9 Å². The summed E-state index contributed by atoms with van der Waals surface area (Å²) in [6.07, 6.45) is 48.0. The number of hydrogen-bond donors (Lipinski definition) is 4. The molecule has 0 aliphatic heterocycles. The van der Waals surface area contributed by atoms with Crippen LogP contribution in [0.5, 0.6) is 0 Å². The Kier molecular flexibility index (Phi) is 40.9. The quantitative estimate of drug-likeness (QED) is 0.0273. The van der Waals surface area contributed by atoms with Crippen LogP contribution in [-0.2, 0) is 23.9 Å². The molecule has 2 unspecified atom stereocenters. The minimum absolute atomic E-state index is 0.0764. The molecule has 0 rings (SSSR count). The van der Waals surface area contributed by atoms with Crippen molar-refractivity contribution >= 4 is 23.8 Å². The highest BCUT2D eigenvalue weighted by Gasteiger charge is 2.18. The smallest absolute Gasteiger partial charge is 0.328 e. The van der Waals surface area contributed by atoms with E-state index in [1.54, 1.807) is 0 Å². The van der Waals surface area contributed by atoms with E-state index in [9.17, 15) is 19.2 Å². The van der Waals surface area contributed by atoms with Crippen LogP contribution >= 0.6 is 0 Å². The molecule has 0 saturated carbocycles. The molecule has 0 aromatic heterocycles. The average molecular weight is 805 g/mol. The van der Waals surface area contributed by atoms with Gasteiger partial charge in [0.15, 0.2) is 0 Å². The first kappa shape index (κ1) is 54.3. The van der Waals surface area contributed by atoms with Crippen LogP contribution < -0.4 is 10.6 Å². The van der Waals surface area contributed by atoms with E-state index in [-0.39, 0.29) is 24.5 Å². The van der Waals surface area contributed by atoms with Gasteiger partial charge in [-0.25, -0.2) is 4.79 Å². The molecule has 332 valence electrons. The zero-order valence-electron chi connectivity index (χ0n) is 36.9. The van der Waals surface area contributed by atoms with E-state index in [1.165, 1.54) is 141 Å². The summed E-state index contributed by atoms with van der Waals surface area (Å²) < 4.78 is 5.97. The zero-order valence-corrected chi connectivity index (χ0v) is 36.9. The molecule has 0 fully saturated rings. The summed E-state index contributed by atoms with van der Waals surface area (Å²) in [6.45, 7) is 3.49. The van der Waals surface area contributed by atoms with Crippen molar-refractivity contribution in [3.8, 4) is 0 Å². The molecule has 9 nitrogen and oxygen atoms in total. The van der Waals surface area contributed by atoms with E-state index in [0.29, 0.717) is 19.3 Å². The Morgan fingerprint density at radius 1 is 0.526 bits per heavy atom. The lowest BCUT2D eigenvalue weighted by Gasteiger charge is -2.15. The predicted octanol–water partition coefficient (Wildman–Crippen LogP) is 12.0. The first-order valence-electron chi connectivity index (χ1n) is 23.7. The van der Waals surface area contributed by atoms with Crippen molar-refractivity contribution in [3.63, 3.8) is 0 Å². The van der Waals surface area contributed by atoms with Crippen molar-refractivity contribution in [2.24, 2.45) is 0 Å². The number of rotatable bonds is 43. The Bertz CT molecular complexity index is 1010. The summed E-state index contributed by atoms with van der Waals surface area (Å²) in [5.74, 6) is -2.32. The predicted molar refractivity (Wildman–Crippen MR) is 236 cm³/mol. The number of aliphatic hydroxyl groups is 1. The Hall–Kier alpha value is -2.68. The number of carbonyl (C=O) groups is 4. The molecule has 0 spiro atoms. The fourth-order valence-corrected chi connectivity index (χ4v) is 6.97. The second-order valence-electron chi connectivity index (χ2n) is 16.2. The van der Waals surface area contributed by atoms with Crippen LogP contribution in [0.4, 0.5) is 0 Å². The van der Waals surface area contributed by atoms with Crippen molar-refractivity contribution in [3.05, 3.63) is 24.3 Å². The highest BCUT2D eigenvalue weighted by molar-refractivity contribution is 5.87. The van der Waals surface area contributed by atoms with Crippen LogP contribution in [0.3, 0.4) is 0 Å². The number of nitrogens with one attached hydrogen (secondary N) is 2. The van der Waals surface area contributed by atoms with Crippen LogP contribution in [-0.4, -0.2) is 59.3 Å². The van der Waals surface area contributed by atoms with Crippen molar-refractivity contribution in [1.82, 2.24) is 10.6 Å². The van der Waals surface area contributed by atoms with Gasteiger partial charge < -0.3 is 25.6 Å². The van der Waals surface area contributed by atoms with Gasteiger partial charge in [0.05, 0.1) is 13.2 Å². The molecular formula is C48H88N2O7. The molecule has 2 amide bonds. The lowest BCUT2D eigenvalue weighted by atomic mass is 10.0. The zero-order chi connectivity index (χ0) is 41.9. The molecule has 9 heteroatoms. The molecule has 0 heterocycles. The topological polar surface area (TPSA) is 142 Å². The second kappa shape index (κ2) is 42.9. The third-order valence-electron chi connectivity index (χ3n) is 10.7. The van der Waals surface area contributed by atoms with Crippen LogP contribution in [0.25, 0.3) is 0 Å². The molecule has 2 atom stereocenters. The fourth-order valence-electron chi connectivity index (χ4n) is 6.97. The third kappa shape index (κ3) is 39.9. The SMILES string of the molecule is CCCCCCCC/C=C\CCCCCCCCCCCC(=O)OC(/C=C\CCCCCCCCC)CCCCCCCCC(=O)NCC(=O)NC(CO)C(=O)O. The molecule has 0 aromatic carbocycles. The fraction of sp³-hybridized carbons (Fsp3) is 0.833. The number of amides is 2. The highest BCUT2D eigenvalue weighted by Crippen LogP contribution is 2.17. The van der Waals surface area contributed by atoms with E-state index in [4.69, 9.17) is 14.9 Å². The Labute approximate surface area is 349 Å². The van der Waals surface area contributed by atoms with Crippen LogP contribution in [0, 0.1) is 0 Å². The van der Waals surface area contributed by atoms with Gasteiger partial charge in [-0.05, 0) is 70.3 Å². The Balaban J connectivity index is 4.19. The number of hydrogen-bond acceptors (Lipinski definition) is 6. The van der Waals surface area contributed by atoms with E-state index in [1.807, 2.05) is 0 Å². The molecule has 0 aliphatic rings. The molecular weight excluding hydrogens is 717 g/mol. The van der Waals surface area contributed by atoms with Crippen LogP contribution in [0.15, 0.2) is 24.3 Å². The highest BCUT2D eigenvalue weighted by atomic mass is 16.5. The largest absolute Gasteiger partial charge is 0.480 e. The monoisotopic (exact) mass is 805 g/mol. The van der Waals surface area contributed by atoms with E-state index >= 15 is 0 Å². The maximum Gasteiger partial charge on any atom is 0.328 e. The van der Waals surface area contributed by atoms with Crippen molar-refractivity contribution in [1.29, 1.82) is 0 Å². The number of allylic oxidation sites excluding steroid dienone is 3. The van der Waals surface area contributed by atoms with Crippen LogP contribution in [0.2, 0.25) is 0 Å². The standard InChI is InChI=1S/C48H88N2O7/c1-3-5-7-9-11-13-14-15-16-17-18-19-20-21-22-24-26-32-36-40-47(54)57-43(37-33-29-25-23-12-10-8-6-4-2)38-34-30-27-28-31-35-39-45(52)49-41-46(53)50-44(42-51)48(55)56/h15-16,33,37,43-44,51H,3-14,17-32,34-36,38-42H2,1-2H3,(H,49,52)(H,50,53)(H,55,56)/b16-15-,37-33-. The van der Waals surface area contributed by atoms with Crippen molar-refractivity contribution in [2.75, 3.05) is 13.2 Å². The van der Waals surface area contributed by atoms with E-state index < -0.39 is 24.5 Å². The number of ether oxygens (including phenoxy) is 1. The first-order valence-corrected chi connectivity index (χ1v) is 23.7. The van der Waals surface area contributed by atoms with Gasteiger partial charge in [0.2, 0.25) is 11.8 Å². The molecule has 0 bridgehead atoms. The summed E-state index contributed by atoms with van der Waals surface area (Å²) in [7, 11) is 0. The third-order valence-corrected chi connectivity index (χ3v) is 10.7. The van der Waals surface area contributed by atoms with Crippen molar-refractivity contribution < 1.29 is 34.1 Å². The number of unbranched alkanes of at least 4 members (excludes halogenated alkanes) is 27. The van der Waals surface area contributed by atoms with Gasteiger partial charge in [-0.1, -0.05) is 173 Å². The first-order chi connectivity index (χ1) is 27.8. The Morgan fingerprint density at radius 3 is 1.42 bits per heavy atom. The average Bonchev–Trinajstić information content (AvgIpc) is 3.20. The van der Waals surface area contributed by atoms with Gasteiger partial charge in [-0.15, -0.1) is 0 Å². The minimum atomic E-state index is -1.38. The van der Waals surface area contributed by atoms with Crippen molar-refractivity contribution in [2.45, 2.75) is 244 Å². The molecule has 4 N–H and O–H groups in total. The Morgan fingerprint density at radius 2 is 0.947 bits per heavy atom. The maximum absolute atomic E-state index is 12.8. The maximum atomic E-state index is 12.8. The summed E-state index contributed by atoms with van der Waals surface area (Å²) in [5, 5.41) is 22.5. The number of carbonyl (C=O) groups excluding carboxylic acids is 3. The molecule has 57 heavy (non-hydrogen) atoms. The molecule has 0 aliphatic carbocycles. The summed E-state index contributed by atoms with van der Waals surface area (Å²) in [6, 6.07) is -1.38. The van der Waals surface area contributed by atoms with Gasteiger partial charge in [0.1, 0.15) is 12.1 Å². The molecule has 0 aromatic rings.